The molecule has 2 radical (unpaired) electrons. The van der Waals surface area contributed by atoms with E-state index >= 15 is 0 Å². The van der Waals surface area contributed by atoms with E-state index < -0.39 is 17.7 Å². The fraction of sp³-hybridized carbons (Fsp3) is 0. The molecule has 2 rings (SSSR count). The average molecular weight is 481 g/mol. The van der Waals surface area contributed by atoms with Gasteiger partial charge in [0.05, 0.1) is 5.97 Å². The summed E-state index contributed by atoms with van der Waals surface area (Å²) in [6.45, 7) is 0. The molecule has 0 atom stereocenters. The molecule has 21 heavy (non-hydrogen) atoms. The van der Waals surface area contributed by atoms with Crippen molar-refractivity contribution >= 4 is 39.2 Å². The van der Waals surface area contributed by atoms with Gasteiger partial charge in [0, 0.05) is 0 Å². The third-order valence-electron chi connectivity index (χ3n) is 2.24. The smallest absolute Gasteiger partial charge is 0.872 e. The molecule has 0 fully saturated rings. The second-order valence-corrected chi connectivity index (χ2v) is 3.61. The van der Waals surface area contributed by atoms with Crippen molar-refractivity contribution in [3.05, 3.63) is 59.7 Å². The molecule has 7 heteroatoms. The third kappa shape index (κ3) is 5.81. The second kappa shape index (κ2) is 8.95. The number of phenols is 1. The van der Waals surface area contributed by atoms with Crippen molar-refractivity contribution in [2.24, 2.45) is 0 Å². The summed E-state index contributed by atoms with van der Waals surface area (Å²) in [5, 5.41) is 38.1. The van der Waals surface area contributed by atoms with Gasteiger partial charge < -0.3 is 25.2 Å². The number of hydrogen-bond acceptors (Lipinski definition) is 5. The molecule has 0 aliphatic carbocycles. The first-order valence-corrected chi connectivity index (χ1v) is 5.42. The normalized spacial score (nSPS) is 8.76. The van der Waals surface area contributed by atoms with E-state index in [9.17, 15) is 19.8 Å². The van der Waals surface area contributed by atoms with Gasteiger partial charge in [-0.25, -0.2) is 4.79 Å². The van der Waals surface area contributed by atoms with Crippen molar-refractivity contribution in [2.45, 2.75) is 0 Å². The molecule has 0 amide bonds. The number of rotatable bonds is 2. The van der Waals surface area contributed by atoms with Crippen molar-refractivity contribution in [3.63, 3.8) is 0 Å². The van der Waals surface area contributed by atoms with Gasteiger partial charge >= 0.3 is 33.3 Å². The van der Waals surface area contributed by atoms with Gasteiger partial charge in [-0.05, 0) is 17.7 Å². The summed E-state index contributed by atoms with van der Waals surface area (Å²) in [5.74, 6) is -3.25. The van der Waals surface area contributed by atoms with Crippen LogP contribution in [0, 0.1) is 0 Å². The Morgan fingerprint density at radius 1 is 0.905 bits per heavy atom. The van der Waals surface area contributed by atoms with Crippen molar-refractivity contribution < 1.29 is 30.0 Å². The summed E-state index contributed by atoms with van der Waals surface area (Å²) in [4.78, 5) is 20.4. The molecular weight excluding hydrogens is 471 g/mol. The average Bonchev–Trinajstić information content (AvgIpc) is 2.40. The minimum Gasteiger partial charge on any atom is -0.872 e. The number of carboxylic acid groups (broad SMARTS) is 2. The molecule has 0 saturated carbocycles. The molecule has 0 aliphatic heterocycles. The van der Waals surface area contributed by atoms with Crippen molar-refractivity contribution in [1.29, 1.82) is 0 Å². The summed E-state index contributed by atoms with van der Waals surface area (Å²) in [6.07, 6.45) is 0. The number of para-hydroxylation sites is 2. The predicted octanol–water partition coefficient (Wildman–Crippen LogP) is -0.167. The molecule has 6 nitrogen and oxygen atoms in total. The fourth-order valence-electron chi connectivity index (χ4n) is 1.29. The minimum atomic E-state index is -1.43. The largest absolute Gasteiger partial charge is 2.00 e. The minimum absolute atomic E-state index is 0. The summed E-state index contributed by atoms with van der Waals surface area (Å²) >= 11 is 0. The Morgan fingerprint density at radius 2 is 1.38 bits per heavy atom. The van der Waals surface area contributed by atoms with Crippen molar-refractivity contribution in [2.75, 3.05) is 0 Å². The van der Waals surface area contributed by atoms with Gasteiger partial charge in [-0.2, -0.15) is 0 Å². The maximum Gasteiger partial charge on any atom is 2.00 e. The molecule has 2 aromatic rings. The Labute approximate surface area is 140 Å². The van der Waals surface area contributed by atoms with Crippen LogP contribution in [0.4, 0.5) is 0 Å². The zero-order valence-corrected chi connectivity index (χ0v) is 14.5. The van der Waals surface area contributed by atoms with E-state index in [1.807, 2.05) is 0 Å². The molecule has 0 heterocycles. The number of benzene rings is 2. The number of carboxylic acids is 2. The third-order valence-corrected chi connectivity index (χ3v) is 2.24. The Bertz CT molecular complexity index is 571. The Morgan fingerprint density at radius 3 is 1.71 bits per heavy atom. The van der Waals surface area contributed by atoms with E-state index in [1.165, 1.54) is 36.4 Å². The molecule has 0 aromatic heterocycles. The standard InChI is InChI=1S/2C7H6O3.Pb/c2*8-6-4-2-1-3-5(6)7(9)10;/h2*1-4,8H,(H,9,10);/q;;+2/p-2. The van der Waals surface area contributed by atoms with Crippen molar-refractivity contribution in [1.82, 2.24) is 0 Å². The van der Waals surface area contributed by atoms with Crippen LogP contribution in [-0.4, -0.2) is 49.5 Å². The zero-order valence-electron chi connectivity index (χ0n) is 10.6. The maximum atomic E-state index is 10.6. The van der Waals surface area contributed by atoms with Crippen LogP contribution in [0.5, 0.6) is 11.5 Å². The molecule has 0 unspecified atom stereocenters. The summed E-state index contributed by atoms with van der Waals surface area (Å²) in [6, 6.07) is 11.2. The van der Waals surface area contributed by atoms with Crippen LogP contribution >= 0.6 is 0 Å². The van der Waals surface area contributed by atoms with Crippen LogP contribution in [-0.2, 0) is 0 Å². The van der Waals surface area contributed by atoms with Gasteiger partial charge in [-0.15, -0.1) is 0 Å². The number of hydrogen-bond donors (Lipinski definition) is 2. The second-order valence-electron chi connectivity index (χ2n) is 3.61. The summed E-state index contributed by atoms with van der Waals surface area (Å²) in [5.41, 5.74) is -0.356. The fourth-order valence-corrected chi connectivity index (χ4v) is 1.29. The van der Waals surface area contributed by atoms with Gasteiger partial charge in [0.1, 0.15) is 11.3 Å². The first-order chi connectivity index (χ1) is 9.43. The Kier molecular flexibility index (Phi) is 8.06. The number of aromatic carboxylic acids is 2. The molecule has 0 aliphatic rings. The number of carbonyl (C=O) groups excluding carboxylic acids is 1. The van der Waals surface area contributed by atoms with Gasteiger partial charge in [-0.3, -0.25) is 0 Å². The van der Waals surface area contributed by atoms with E-state index in [0.717, 1.165) is 0 Å². The van der Waals surface area contributed by atoms with Gasteiger partial charge in [-0.1, -0.05) is 42.1 Å². The van der Waals surface area contributed by atoms with E-state index in [2.05, 4.69) is 0 Å². The van der Waals surface area contributed by atoms with Crippen molar-refractivity contribution in [3.8, 4) is 11.5 Å². The van der Waals surface area contributed by atoms with Crippen LogP contribution in [0.25, 0.3) is 0 Å². The van der Waals surface area contributed by atoms with Crippen LogP contribution in [0.1, 0.15) is 20.7 Å². The summed E-state index contributed by atoms with van der Waals surface area (Å²) in [7, 11) is 0. The summed E-state index contributed by atoms with van der Waals surface area (Å²) < 4.78 is 0. The molecule has 0 spiro atoms. The first-order valence-electron chi connectivity index (χ1n) is 5.42. The molecule has 0 saturated heterocycles. The Balaban J connectivity index is 0.000000364. The quantitative estimate of drug-likeness (QED) is 0.575. The van der Waals surface area contributed by atoms with Crippen LogP contribution < -0.4 is 10.2 Å². The van der Waals surface area contributed by atoms with E-state index in [-0.39, 0.29) is 44.2 Å². The SMILES string of the molecule is O=C(O)c1ccccc1O.O=C([O-])c1ccccc1[O-].[Pb+2]. The molecular formula is C14H10O6Pb. The molecule has 2 N–H and O–H groups in total. The van der Waals surface area contributed by atoms with Crippen LogP contribution in [0.15, 0.2) is 48.5 Å². The van der Waals surface area contributed by atoms with Gasteiger partial charge in [0.2, 0.25) is 0 Å². The van der Waals surface area contributed by atoms with Crippen LogP contribution in [0.3, 0.4) is 0 Å². The Hall–Kier alpha value is -2.10. The predicted molar refractivity (Wildman–Crippen MR) is 71.0 cm³/mol. The zero-order chi connectivity index (χ0) is 15.1. The molecule has 106 valence electrons. The van der Waals surface area contributed by atoms with Crippen LogP contribution in [0.2, 0.25) is 0 Å². The topological polar surface area (TPSA) is 121 Å². The van der Waals surface area contributed by atoms with Gasteiger partial charge in [0.15, 0.2) is 0 Å². The van der Waals surface area contributed by atoms with E-state index in [0.29, 0.717) is 0 Å². The van der Waals surface area contributed by atoms with Gasteiger partial charge in [0.25, 0.3) is 0 Å². The first kappa shape index (κ1) is 18.9. The maximum absolute atomic E-state index is 10.6. The number of aromatic hydroxyl groups is 1. The number of carbonyl (C=O) groups is 2. The molecule has 0 bridgehead atoms. The monoisotopic (exact) mass is 482 g/mol. The van der Waals surface area contributed by atoms with E-state index in [4.69, 9.17) is 10.2 Å². The molecule has 2 aromatic carbocycles. The van der Waals surface area contributed by atoms with E-state index in [1.54, 1.807) is 12.1 Å².